The second-order valence-electron chi connectivity index (χ2n) is 5.40. The van der Waals surface area contributed by atoms with Crippen molar-refractivity contribution in [2.45, 2.75) is 52.5 Å². The van der Waals surface area contributed by atoms with Gasteiger partial charge in [-0.1, -0.05) is 27.7 Å². The lowest BCUT2D eigenvalue weighted by molar-refractivity contribution is -0.136. The SMILES string of the molecule is CCCn1nc(C(C)(C)C)cc(CC(=O)O)c1=O. The van der Waals surface area contributed by atoms with Crippen LogP contribution in [0.3, 0.4) is 0 Å². The molecule has 0 aromatic carbocycles. The number of carboxylic acid groups (broad SMARTS) is 1. The molecule has 100 valence electrons. The number of carbonyl (C=O) groups is 1. The Morgan fingerprint density at radius 3 is 2.50 bits per heavy atom. The maximum atomic E-state index is 12.0. The number of rotatable bonds is 4. The number of aromatic nitrogens is 2. The Morgan fingerprint density at radius 1 is 1.44 bits per heavy atom. The molecule has 0 spiro atoms. The fraction of sp³-hybridized carbons (Fsp3) is 0.615. The number of aliphatic carboxylic acids is 1. The zero-order chi connectivity index (χ0) is 13.9. The van der Waals surface area contributed by atoms with Gasteiger partial charge in [0, 0.05) is 17.5 Å². The van der Waals surface area contributed by atoms with Gasteiger partial charge in [0.15, 0.2) is 0 Å². The molecule has 0 atom stereocenters. The molecule has 0 amide bonds. The van der Waals surface area contributed by atoms with E-state index in [2.05, 4.69) is 5.10 Å². The number of aryl methyl sites for hydroxylation is 1. The van der Waals surface area contributed by atoms with Crippen molar-refractivity contribution in [1.29, 1.82) is 0 Å². The van der Waals surface area contributed by atoms with Crippen LogP contribution in [-0.4, -0.2) is 20.9 Å². The van der Waals surface area contributed by atoms with Gasteiger partial charge in [0.05, 0.1) is 12.1 Å². The van der Waals surface area contributed by atoms with Crippen molar-refractivity contribution in [2.75, 3.05) is 0 Å². The molecular formula is C13H20N2O3. The third kappa shape index (κ3) is 3.42. The van der Waals surface area contributed by atoms with Crippen LogP contribution in [-0.2, 0) is 23.2 Å². The largest absolute Gasteiger partial charge is 0.481 e. The van der Waals surface area contributed by atoms with Crippen LogP contribution < -0.4 is 5.56 Å². The number of hydrogen-bond donors (Lipinski definition) is 1. The second kappa shape index (κ2) is 5.33. The molecule has 1 aromatic heterocycles. The summed E-state index contributed by atoms with van der Waals surface area (Å²) in [5, 5.41) is 13.1. The van der Waals surface area contributed by atoms with Crippen molar-refractivity contribution in [3.05, 3.63) is 27.7 Å². The van der Waals surface area contributed by atoms with E-state index in [1.54, 1.807) is 6.07 Å². The molecule has 0 saturated carbocycles. The van der Waals surface area contributed by atoms with Crippen LogP contribution in [0.2, 0.25) is 0 Å². The average molecular weight is 252 g/mol. The summed E-state index contributed by atoms with van der Waals surface area (Å²) in [6.07, 6.45) is 0.529. The molecule has 1 N–H and O–H groups in total. The van der Waals surface area contributed by atoms with Gasteiger partial charge in [-0.15, -0.1) is 0 Å². The summed E-state index contributed by atoms with van der Waals surface area (Å²) >= 11 is 0. The van der Waals surface area contributed by atoms with E-state index in [-0.39, 0.29) is 17.4 Å². The molecule has 5 heteroatoms. The molecular weight excluding hydrogens is 232 g/mol. The Balaban J connectivity index is 3.36. The minimum atomic E-state index is -0.999. The van der Waals surface area contributed by atoms with Crippen molar-refractivity contribution in [1.82, 2.24) is 9.78 Å². The number of nitrogens with zero attached hydrogens (tertiary/aromatic N) is 2. The van der Waals surface area contributed by atoms with Crippen LogP contribution in [0, 0.1) is 0 Å². The van der Waals surface area contributed by atoms with Crippen molar-refractivity contribution in [3.63, 3.8) is 0 Å². The Bertz CT molecular complexity index is 498. The first-order valence-corrected chi connectivity index (χ1v) is 6.09. The monoisotopic (exact) mass is 252 g/mol. The van der Waals surface area contributed by atoms with Gasteiger partial charge < -0.3 is 5.11 Å². The van der Waals surface area contributed by atoms with E-state index in [0.29, 0.717) is 12.1 Å². The predicted octanol–water partition coefficient (Wildman–Crippen LogP) is 1.58. The van der Waals surface area contributed by atoms with Crippen molar-refractivity contribution >= 4 is 5.97 Å². The summed E-state index contributed by atoms with van der Waals surface area (Å²) in [7, 11) is 0. The molecule has 1 heterocycles. The van der Waals surface area contributed by atoms with Gasteiger partial charge in [-0.05, 0) is 12.5 Å². The van der Waals surface area contributed by atoms with Gasteiger partial charge in [0.25, 0.3) is 5.56 Å². The molecule has 18 heavy (non-hydrogen) atoms. The summed E-state index contributed by atoms with van der Waals surface area (Å²) in [5.41, 5.74) is 0.533. The topological polar surface area (TPSA) is 72.2 Å². The first kappa shape index (κ1) is 14.4. The fourth-order valence-corrected chi connectivity index (χ4v) is 1.62. The van der Waals surface area contributed by atoms with E-state index in [1.807, 2.05) is 27.7 Å². The van der Waals surface area contributed by atoms with E-state index < -0.39 is 5.97 Å². The molecule has 0 aliphatic carbocycles. The molecule has 0 saturated heterocycles. The van der Waals surface area contributed by atoms with E-state index in [4.69, 9.17) is 5.11 Å². The van der Waals surface area contributed by atoms with Crippen molar-refractivity contribution in [3.8, 4) is 0 Å². The molecule has 1 rings (SSSR count). The van der Waals surface area contributed by atoms with E-state index >= 15 is 0 Å². The highest BCUT2D eigenvalue weighted by Crippen LogP contribution is 2.19. The first-order chi connectivity index (χ1) is 8.25. The van der Waals surface area contributed by atoms with Gasteiger partial charge in [-0.25, -0.2) is 4.68 Å². The number of carboxylic acids is 1. The minimum absolute atomic E-state index is 0.212. The normalized spacial score (nSPS) is 11.6. The lowest BCUT2D eigenvalue weighted by atomic mass is 9.91. The Morgan fingerprint density at radius 2 is 2.06 bits per heavy atom. The minimum Gasteiger partial charge on any atom is -0.481 e. The summed E-state index contributed by atoms with van der Waals surface area (Å²) in [5.74, 6) is -0.999. The summed E-state index contributed by atoms with van der Waals surface area (Å²) in [6.45, 7) is 8.42. The highest BCUT2D eigenvalue weighted by atomic mass is 16.4. The molecule has 0 aliphatic heterocycles. The van der Waals surface area contributed by atoms with Crippen molar-refractivity contribution < 1.29 is 9.90 Å². The third-order valence-electron chi connectivity index (χ3n) is 2.59. The molecule has 0 bridgehead atoms. The standard InChI is InChI=1S/C13H20N2O3/c1-5-6-15-12(18)9(8-11(16)17)7-10(14-15)13(2,3)4/h7H,5-6,8H2,1-4H3,(H,16,17). The van der Waals surface area contributed by atoms with Crippen LogP contribution in [0.5, 0.6) is 0 Å². The molecule has 0 unspecified atom stereocenters. The molecule has 0 aliphatic rings. The quantitative estimate of drug-likeness (QED) is 0.883. The van der Waals surface area contributed by atoms with Crippen LogP contribution in [0.25, 0.3) is 0 Å². The summed E-state index contributed by atoms with van der Waals surface area (Å²) in [6, 6.07) is 1.61. The van der Waals surface area contributed by atoms with Gasteiger partial charge >= 0.3 is 5.97 Å². The van der Waals surface area contributed by atoms with E-state index in [1.165, 1.54) is 4.68 Å². The van der Waals surface area contributed by atoms with Gasteiger partial charge in [-0.2, -0.15) is 5.10 Å². The van der Waals surface area contributed by atoms with Crippen LogP contribution in [0.1, 0.15) is 45.4 Å². The van der Waals surface area contributed by atoms with Gasteiger partial charge in [0.2, 0.25) is 0 Å². The fourth-order valence-electron chi connectivity index (χ4n) is 1.62. The second-order valence-corrected chi connectivity index (χ2v) is 5.40. The Hall–Kier alpha value is -1.65. The van der Waals surface area contributed by atoms with E-state index in [0.717, 1.165) is 12.1 Å². The Labute approximate surface area is 106 Å². The molecule has 0 radical (unpaired) electrons. The average Bonchev–Trinajstić information content (AvgIpc) is 2.21. The lowest BCUT2D eigenvalue weighted by Gasteiger charge is -2.19. The number of hydrogen-bond acceptors (Lipinski definition) is 3. The van der Waals surface area contributed by atoms with E-state index in [9.17, 15) is 9.59 Å². The third-order valence-corrected chi connectivity index (χ3v) is 2.59. The maximum absolute atomic E-state index is 12.0. The smallest absolute Gasteiger partial charge is 0.308 e. The lowest BCUT2D eigenvalue weighted by Crippen LogP contribution is -2.31. The molecule has 1 aromatic rings. The Kier molecular flexibility index (Phi) is 4.27. The van der Waals surface area contributed by atoms with Crippen LogP contribution in [0.15, 0.2) is 10.9 Å². The zero-order valence-corrected chi connectivity index (χ0v) is 11.4. The highest BCUT2D eigenvalue weighted by molar-refractivity contribution is 5.70. The molecule has 0 fully saturated rings. The summed E-state index contributed by atoms with van der Waals surface area (Å²) < 4.78 is 1.37. The summed E-state index contributed by atoms with van der Waals surface area (Å²) in [4.78, 5) is 22.8. The van der Waals surface area contributed by atoms with Gasteiger partial charge in [0.1, 0.15) is 0 Å². The van der Waals surface area contributed by atoms with Crippen LogP contribution >= 0.6 is 0 Å². The van der Waals surface area contributed by atoms with Crippen LogP contribution in [0.4, 0.5) is 0 Å². The predicted molar refractivity (Wildman–Crippen MR) is 68.8 cm³/mol. The first-order valence-electron chi connectivity index (χ1n) is 6.09. The zero-order valence-electron chi connectivity index (χ0n) is 11.4. The molecule has 5 nitrogen and oxygen atoms in total. The highest BCUT2D eigenvalue weighted by Gasteiger charge is 2.20. The maximum Gasteiger partial charge on any atom is 0.308 e. The van der Waals surface area contributed by atoms with Gasteiger partial charge in [-0.3, -0.25) is 9.59 Å². The van der Waals surface area contributed by atoms with Crippen molar-refractivity contribution in [2.24, 2.45) is 0 Å².